The minimum Gasteiger partial charge on any atom is -0.463 e. The van der Waals surface area contributed by atoms with Crippen molar-refractivity contribution >= 4 is 36.2 Å². The van der Waals surface area contributed by atoms with Gasteiger partial charge in [0.05, 0.1) is 60.9 Å². The molecule has 0 saturated carbocycles. The van der Waals surface area contributed by atoms with Gasteiger partial charge in [-0.3, -0.25) is 9.59 Å². The van der Waals surface area contributed by atoms with Gasteiger partial charge in [0.2, 0.25) is 0 Å². The summed E-state index contributed by atoms with van der Waals surface area (Å²) in [6, 6.07) is 21.1. The Morgan fingerprint density at radius 2 is 1.36 bits per heavy atom. The molecule has 5 aromatic rings. The van der Waals surface area contributed by atoms with Gasteiger partial charge in [0.15, 0.2) is 0 Å². The van der Waals surface area contributed by atoms with Crippen LogP contribution in [0.5, 0.6) is 0 Å². The molecule has 4 heterocycles. The smallest absolute Gasteiger partial charge is 0.293 e. The number of nitrogens with zero attached hydrogens (tertiary/aromatic N) is 3. The van der Waals surface area contributed by atoms with E-state index in [0.29, 0.717) is 84.0 Å². The van der Waals surface area contributed by atoms with Crippen LogP contribution in [0.15, 0.2) is 133 Å². The number of pyridine rings is 2. The molecule has 1 aliphatic rings. The lowest BCUT2D eigenvalue weighted by atomic mass is 10.1. The zero-order valence-corrected chi connectivity index (χ0v) is 39.5. The molecule has 13 heteroatoms. The fraction of sp³-hybridized carbons (Fsp3) is 0.302. The second-order valence-corrected chi connectivity index (χ2v) is 15.5. The van der Waals surface area contributed by atoms with Crippen LogP contribution in [-0.4, -0.2) is 59.0 Å². The average Bonchev–Trinajstić information content (AvgIpc) is 3.83. The van der Waals surface area contributed by atoms with Gasteiger partial charge >= 0.3 is 0 Å². The molecular weight excluding hydrogens is 832 g/mol. The second-order valence-electron chi connectivity index (χ2n) is 15.5. The van der Waals surface area contributed by atoms with Crippen LogP contribution in [0.4, 0.5) is 10.1 Å². The largest absolute Gasteiger partial charge is 0.463 e. The molecule has 0 radical (unpaired) electrons. The monoisotopic (exact) mass is 901 g/mol. The summed E-state index contributed by atoms with van der Waals surface area (Å²) in [5, 5.41) is 25.8. The number of rotatable bonds is 23. The summed E-state index contributed by atoms with van der Waals surface area (Å²) in [7, 11) is 1.00. The van der Waals surface area contributed by atoms with E-state index < -0.39 is 5.82 Å². The van der Waals surface area contributed by atoms with Crippen molar-refractivity contribution in [2.45, 2.75) is 73.1 Å². The Bertz CT molecular complexity index is 2610. The van der Waals surface area contributed by atoms with Crippen LogP contribution < -0.4 is 42.8 Å². The molecule has 6 N–H and O–H groups in total. The van der Waals surface area contributed by atoms with Crippen molar-refractivity contribution in [3.05, 3.63) is 177 Å². The lowest BCUT2D eigenvalue weighted by Crippen LogP contribution is -2.31. The third kappa shape index (κ3) is 15.8. The minimum atomic E-state index is -0.486. The van der Waals surface area contributed by atoms with Crippen LogP contribution in [0.2, 0.25) is 0 Å². The highest BCUT2D eigenvalue weighted by Crippen LogP contribution is 2.34. The van der Waals surface area contributed by atoms with E-state index in [1.165, 1.54) is 11.6 Å². The summed E-state index contributed by atoms with van der Waals surface area (Å²) in [6.07, 6.45) is 4.13. The molecule has 0 spiro atoms. The highest BCUT2D eigenvalue weighted by molar-refractivity contribution is 5.87. The molecule has 1 aliphatic heterocycles. The van der Waals surface area contributed by atoms with E-state index in [4.69, 9.17) is 14.8 Å². The van der Waals surface area contributed by atoms with Gasteiger partial charge in [-0.1, -0.05) is 102 Å². The standard InChI is InChI=1S/C43H51FN8O3.C7H8.C2H6.CH4O/c1-27-16-41-42-36(24-52(41)43(54)37(27)25-55-26-53)17-35-18-40(38(44)19-39(35)50-42)49-32(6)23-48-31(5)22-47-30(4)21-46-29(3)20-45-28(2)12-10-9-11-15-51-33(7)13-14-34(51)8;1-7-5-3-2-4-6-7;2*1-2/h13-14,16-19,26,45-49H,2-12,15,20-25H2,1H3;2-6H,1H3;1-2H3;2H,1H3. The Balaban J connectivity index is 0.000000937. The second kappa shape index (κ2) is 27.3. The quantitative estimate of drug-likeness (QED) is 0.0284. The van der Waals surface area contributed by atoms with E-state index in [9.17, 15) is 9.59 Å². The van der Waals surface area contributed by atoms with E-state index in [-0.39, 0.29) is 17.9 Å². The molecular formula is C53H69FN8O4. The van der Waals surface area contributed by atoms with Crippen LogP contribution in [0, 0.1) is 19.7 Å². The van der Waals surface area contributed by atoms with Crippen LogP contribution in [0.1, 0.15) is 61.8 Å². The molecule has 66 heavy (non-hydrogen) atoms. The summed E-state index contributed by atoms with van der Waals surface area (Å²) in [5.41, 5.74) is 8.85. The Morgan fingerprint density at radius 1 is 0.788 bits per heavy atom. The lowest BCUT2D eigenvalue weighted by Gasteiger charge is -2.17. The molecule has 0 saturated heterocycles. The minimum absolute atomic E-state index is 0.100. The summed E-state index contributed by atoms with van der Waals surface area (Å²) in [5.74, 6) is -0.486. The number of halogens is 1. The van der Waals surface area contributed by atoms with E-state index in [1.807, 2.05) is 56.3 Å². The van der Waals surface area contributed by atoms with Gasteiger partial charge in [-0.15, -0.1) is 0 Å². The Kier molecular flexibility index (Phi) is 22.0. The lowest BCUT2D eigenvalue weighted by molar-refractivity contribution is -0.129. The van der Waals surface area contributed by atoms with Gasteiger partial charge in [-0.05, 0) is 69.0 Å². The number of carbonyl (C=O) groups is 1. The number of benzene rings is 2. The van der Waals surface area contributed by atoms with Crippen LogP contribution >= 0.6 is 0 Å². The molecule has 0 aliphatic carbocycles. The van der Waals surface area contributed by atoms with Gasteiger partial charge in [0, 0.05) is 69.9 Å². The molecule has 0 atom stereocenters. The maximum atomic E-state index is 15.3. The Morgan fingerprint density at radius 3 is 1.92 bits per heavy atom. The number of nitrogens with one attached hydrogen (secondary N) is 5. The summed E-state index contributed by atoms with van der Waals surface area (Å²) >= 11 is 0. The Labute approximate surface area is 389 Å². The summed E-state index contributed by atoms with van der Waals surface area (Å²) in [6.45, 7) is 39.7. The van der Waals surface area contributed by atoms with Crippen molar-refractivity contribution < 1.29 is 19.0 Å². The number of unbranched alkanes of at least 4 members (excludes halogenated alkanes) is 2. The molecule has 3 aromatic heterocycles. The first-order chi connectivity index (χ1) is 31.7. The van der Waals surface area contributed by atoms with E-state index >= 15 is 4.39 Å². The fourth-order valence-electron chi connectivity index (χ4n) is 6.91. The zero-order chi connectivity index (χ0) is 48.8. The maximum absolute atomic E-state index is 15.3. The molecule has 2 aromatic carbocycles. The van der Waals surface area contributed by atoms with E-state index in [2.05, 4.69) is 96.3 Å². The number of fused-ring (bicyclic) bond motifs is 4. The van der Waals surface area contributed by atoms with Crippen molar-refractivity contribution in [3.8, 4) is 11.4 Å². The predicted octanol–water partition coefficient (Wildman–Crippen LogP) is 7.40. The van der Waals surface area contributed by atoms with E-state index in [1.54, 1.807) is 17.6 Å². The number of aliphatic hydroxyl groups is 1. The van der Waals surface area contributed by atoms with E-state index in [0.717, 1.165) is 72.7 Å². The van der Waals surface area contributed by atoms with Gasteiger partial charge in [0.1, 0.15) is 12.4 Å². The van der Waals surface area contributed by atoms with Gasteiger partial charge in [0.25, 0.3) is 12.0 Å². The van der Waals surface area contributed by atoms with Crippen molar-refractivity contribution in [3.63, 3.8) is 0 Å². The number of aromatic nitrogens is 3. The highest BCUT2D eigenvalue weighted by atomic mass is 19.1. The first-order valence-electron chi connectivity index (χ1n) is 22.1. The van der Waals surface area contributed by atoms with Gasteiger partial charge < -0.3 is 45.6 Å². The maximum Gasteiger partial charge on any atom is 0.293 e. The number of hydrogen-bond acceptors (Lipinski definition) is 10. The van der Waals surface area contributed by atoms with Crippen LogP contribution in [0.3, 0.4) is 0 Å². The predicted molar refractivity (Wildman–Crippen MR) is 271 cm³/mol. The highest BCUT2D eigenvalue weighted by Gasteiger charge is 2.25. The topological polar surface area (TPSA) is 146 Å². The van der Waals surface area contributed by atoms with Crippen molar-refractivity contribution in [1.29, 1.82) is 0 Å². The molecule has 6 rings (SSSR count). The average molecular weight is 901 g/mol. The number of allylic oxidation sites excluding steroid dienone is 1. The number of carbonyl (C=O) groups excluding carboxylic acids is 1. The normalized spacial score (nSPS) is 10.5. The Hall–Kier alpha value is -7.12. The third-order valence-electron chi connectivity index (χ3n) is 10.5. The zero-order valence-electron chi connectivity index (χ0n) is 39.5. The molecule has 12 nitrogen and oxygen atoms in total. The van der Waals surface area contributed by atoms with Crippen molar-refractivity contribution in [1.82, 2.24) is 35.4 Å². The first kappa shape index (κ1) is 53.2. The number of aliphatic hydroxyl groups excluding tert-OH is 1. The molecule has 0 unspecified atom stereocenters. The summed E-state index contributed by atoms with van der Waals surface area (Å²) < 4.78 is 23.9. The van der Waals surface area contributed by atoms with Gasteiger partial charge in [-0.25, -0.2) is 9.37 Å². The van der Waals surface area contributed by atoms with Crippen molar-refractivity contribution in [2.75, 3.05) is 38.6 Å². The van der Waals surface area contributed by atoms with Crippen molar-refractivity contribution in [2.24, 2.45) is 0 Å². The number of anilines is 1. The molecule has 0 amide bonds. The first-order valence-corrected chi connectivity index (χ1v) is 22.1. The molecule has 0 fully saturated rings. The third-order valence-corrected chi connectivity index (χ3v) is 10.5. The fourth-order valence-corrected chi connectivity index (χ4v) is 6.91. The number of hydrogen-bond donors (Lipinski definition) is 6. The van der Waals surface area contributed by atoms with Crippen LogP contribution in [0.25, 0.3) is 35.4 Å². The number of ether oxygens (including phenoxy) is 1. The van der Waals surface area contributed by atoms with Gasteiger partial charge in [-0.2, -0.15) is 0 Å². The SMILES string of the molecule is C=C(CCCCCn1c(=C)ccc1=C)NCC(=C)NCC(=C)NCC(=C)NCC(=C)Nc1cc2cc3c(nc2cc1F)-c1cc(C)c(COC=O)c(=O)n1C3.CC.CO.Cc1ccccc1. The molecule has 0 bridgehead atoms. The molecule has 352 valence electrons. The summed E-state index contributed by atoms with van der Waals surface area (Å²) in [4.78, 5) is 28.6. The van der Waals surface area contributed by atoms with Crippen LogP contribution in [-0.2, 0) is 29.2 Å². The number of aryl methyl sites for hydroxylation is 2.